The summed E-state index contributed by atoms with van der Waals surface area (Å²) >= 11 is 0. The summed E-state index contributed by atoms with van der Waals surface area (Å²) < 4.78 is 11.8. The lowest BCUT2D eigenvalue weighted by Gasteiger charge is -2.07. The molecule has 1 heterocycles. The van der Waals surface area contributed by atoms with Crippen LogP contribution in [-0.2, 0) is 16.1 Å². The second-order valence-corrected chi connectivity index (χ2v) is 6.47. The van der Waals surface area contributed by atoms with Gasteiger partial charge in [-0.1, -0.05) is 17.3 Å². The molecule has 0 fully saturated rings. The van der Waals surface area contributed by atoms with Gasteiger partial charge in [-0.3, -0.25) is 9.59 Å². The number of carbonyl (C=O) groups excluding carboxylic acids is 2. The van der Waals surface area contributed by atoms with Crippen LogP contribution in [0.15, 0.2) is 53.8 Å². The summed E-state index contributed by atoms with van der Waals surface area (Å²) in [6.07, 6.45) is 3.14. The van der Waals surface area contributed by atoms with Crippen molar-refractivity contribution >= 4 is 23.7 Å². The second kappa shape index (κ2) is 10.0. The lowest BCUT2D eigenvalue weighted by atomic mass is 10.1. The van der Waals surface area contributed by atoms with Crippen LogP contribution < -0.4 is 20.2 Å². The van der Waals surface area contributed by atoms with E-state index in [9.17, 15) is 9.59 Å². The molecule has 0 spiro atoms. The van der Waals surface area contributed by atoms with E-state index in [0.29, 0.717) is 22.9 Å². The Hall–Kier alpha value is -4.21. The van der Waals surface area contributed by atoms with Gasteiger partial charge in [0.15, 0.2) is 11.5 Å². The molecule has 1 aromatic heterocycles. The summed E-state index contributed by atoms with van der Waals surface area (Å²) in [5, 5.41) is 14.7. The van der Waals surface area contributed by atoms with E-state index in [4.69, 9.17) is 9.47 Å². The number of amides is 2. The first-order valence-corrected chi connectivity index (χ1v) is 9.30. The van der Waals surface area contributed by atoms with Gasteiger partial charge in [-0.15, -0.1) is 5.10 Å². The molecule has 0 saturated heterocycles. The van der Waals surface area contributed by atoms with E-state index < -0.39 is 0 Å². The maximum Gasteiger partial charge on any atom is 0.261 e. The van der Waals surface area contributed by atoms with Crippen molar-refractivity contribution in [3.05, 3.63) is 54.2 Å². The molecule has 0 radical (unpaired) electrons. The molecule has 0 unspecified atom stereocenters. The highest BCUT2D eigenvalue weighted by Crippen LogP contribution is 2.26. The van der Waals surface area contributed by atoms with Gasteiger partial charge in [0.05, 0.1) is 26.6 Å². The van der Waals surface area contributed by atoms with Crippen molar-refractivity contribution < 1.29 is 19.1 Å². The van der Waals surface area contributed by atoms with Crippen molar-refractivity contribution in [3.8, 4) is 22.8 Å². The van der Waals surface area contributed by atoms with E-state index in [1.54, 1.807) is 56.8 Å². The van der Waals surface area contributed by atoms with Crippen LogP contribution in [0.4, 0.5) is 5.69 Å². The topological polar surface area (TPSA) is 120 Å². The second-order valence-electron chi connectivity index (χ2n) is 6.47. The Morgan fingerprint density at radius 1 is 1.13 bits per heavy atom. The maximum atomic E-state index is 12.1. The van der Waals surface area contributed by atoms with E-state index in [0.717, 1.165) is 11.1 Å². The van der Waals surface area contributed by atoms with Crippen LogP contribution in [-0.4, -0.2) is 47.2 Å². The van der Waals surface area contributed by atoms with Crippen LogP contribution in [0, 0.1) is 0 Å². The number of hydrogen-bond donors (Lipinski definition) is 2. The number of nitrogens with zero attached hydrogens (tertiary/aromatic N) is 4. The van der Waals surface area contributed by atoms with Gasteiger partial charge >= 0.3 is 0 Å². The molecule has 0 aliphatic heterocycles. The minimum absolute atomic E-state index is 0.0539. The molecule has 2 N–H and O–H groups in total. The molecule has 10 heteroatoms. The molecule has 10 nitrogen and oxygen atoms in total. The third-order valence-electron chi connectivity index (χ3n) is 4.13. The van der Waals surface area contributed by atoms with E-state index in [1.165, 1.54) is 17.8 Å². The molecule has 3 rings (SSSR count). The van der Waals surface area contributed by atoms with Gasteiger partial charge in [-0.2, -0.15) is 5.10 Å². The number of benzene rings is 2. The summed E-state index contributed by atoms with van der Waals surface area (Å²) in [5.41, 5.74) is 5.18. The molecule has 0 aliphatic rings. The standard InChI is InChI=1S/C21H22N6O4/c1-14(28)23-17-6-4-5-16(10-17)18-12-27(26-24-18)13-21(29)25-22-11-15-7-8-19(30-2)20(9-15)31-3/h4-12H,13H2,1-3H3,(H,23,28)(H,25,29)/b22-11+. The van der Waals surface area contributed by atoms with Crippen molar-refractivity contribution in [2.75, 3.05) is 19.5 Å². The Morgan fingerprint density at radius 2 is 1.94 bits per heavy atom. The SMILES string of the molecule is COc1ccc(/C=N/NC(=O)Cn2cc(-c3cccc(NC(C)=O)c3)nn2)cc1OC. The Labute approximate surface area is 178 Å². The summed E-state index contributed by atoms with van der Waals surface area (Å²) in [6.45, 7) is 1.39. The monoisotopic (exact) mass is 422 g/mol. The van der Waals surface area contributed by atoms with E-state index in [2.05, 4.69) is 26.2 Å². The highest BCUT2D eigenvalue weighted by Gasteiger charge is 2.08. The van der Waals surface area contributed by atoms with Gasteiger partial charge in [-0.25, -0.2) is 10.1 Å². The van der Waals surface area contributed by atoms with E-state index >= 15 is 0 Å². The number of rotatable bonds is 8. The highest BCUT2D eigenvalue weighted by molar-refractivity contribution is 5.89. The third kappa shape index (κ3) is 5.89. The van der Waals surface area contributed by atoms with Crippen molar-refractivity contribution in [1.82, 2.24) is 20.4 Å². The zero-order chi connectivity index (χ0) is 22.2. The summed E-state index contributed by atoms with van der Waals surface area (Å²) in [7, 11) is 3.10. The van der Waals surface area contributed by atoms with Gasteiger partial charge in [0.25, 0.3) is 5.91 Å². The van der Waals surface area contributed by atoms with Crippen LogP contribution in [0.5, 0.6) is 11.5 Å². The highest BCUT2D eigenvalue weighted by atomic mass is 16.5. The van der Waals surface area contributed by atoms with Crippen LogP contribution in [0.2, 0.25) is 0 Å². The van der Waals surface area contributed by atoms with Crippen LogP contribution in [0.25, 0.3) is 11.3 Å². The normalized spacial score (nSPS) is 10.7. The minimum Gasteiger partial charge on any atom is -0.493 e. The quantitative estimate of drug-likeness (QED) is 0.424. The fraction of sp³-hybridized carbons (Fsp3) is 0.190. The van der Waals surface area contributed by atoms with Crippen LogP contribution in [0.3, 0.4) is 0 Å². The maximum absolute atomic E-state index is 12.1. The van der Waals surface area contributed by atoms with E-state index in [1.807, 2.05) is 6.07 Å². The summed E-state index contributed by atoms with van der Waals surface area (Å²) in [5.74, 6) is 0.648. The van der Waals surface area contributed by atoms with Crippen molar-refractivity contribution in [2.45, 2.75) is 13.5 Å². The number of hydrazone groups is 1. The van der Waals surface area contributed by atoms with Crippen LogP contribution >= 0.6 is 0 Å². The van der Waals surface area contributed by atoms with Gasteiger partial charge in [0.2, 0.25) is 5.91 Å². The largest absolute Gasteiger partial charge is 0.493 e. The fourth-order valence-corrected chi connectivity index (χ4v) is 2.76. The molecule has 2 aromatic carbocycles. The zero-order valence-electron chi connectivity index (χ0n) is 17.3. The molecular formula is C21H22N6O4. The number of ether oxygens (including phenoxy) is 2. The van der Waals surface area contributed by atoms with Gasteiger partial charge in [0.1, 0.15) is 12.2 Å². The molecular weight excluding hydrogens is 400 g/mol. The Bertz CT molecular complexity index is 1110. The smallest absolute Gasteiger partial charge is 0.261 e. The Morgan fingerprint density at radius 3 is 2.68 bits per heavy atom. The number of carbonyl (C=O) groups is 2. The molecule has 2 amide bonds. The van der Waals surface area contributed by atoms with Crippen molar-refractivity contribution in [3.63, 3.8) is 0 Å². The molecule has 31 heavy (non-hydrogen) atoms. The molecule has 160 valence electrons. The van der Waals surface area contributed by atoms with Gasteiger partial charge in [-0.05, 0) is 35.9 Å². The third-order valence-corrected chi connectivity index (χ3v) is 4.13. The Balaban J connectivity index is 1.59. The number of hydrogen-bond acceptors (Lipinski definition) is 7. The fourth-order valence-electron chi connectivity index (χ4n) is 2.76. The molecule has 0 saturated carbocycles. The predicted molar refractivity (Wildman–Crippen MR) is 115 cm³/mol. The number of aromatic nitrogens is 3. The first-order valence-electron chi connectivity index (χ1n) is 9.30. The number of nitrogens with one attached hydrogen (secondary N) is 2. The first-order chi connectivity index (χ1) is 15.0. The summed E-state index contributed by atoms with van der Waals surface area (Å²) in [6, 6.07) is 12.5. The average molecular weight is 422 g/mol. The first kappa shape index (κ1) is 21.5. The van der Waals surface area contributed by atoms with E-state index in [-0.39, 0.29) is 18.4 Å². The van der Waals surface area contributed by atoms with Crippen molar-refractivity contribution in [2.24, 2.45) is 5.10 Å². The summed E-state index contributed by atoms with van der Waals surface area (Å²) in [4.78, 5) is 23.4. The van der Waals surface area contributed by atoms with Gasteiger partial charge < -0.3 is 14.8 Å². The predicted octanol–water partition coefficient (Wildman–Crippen LogP) is 2.07. The molecule has 0 aliphatic carbocycles. The lowest BCUT2D eigenvalue weighted by molar-refractivity contribution is -0.121. The van der Waals surface area contributed by atoms with Crippen LogP contribution in [0.1, 0.15) is 12.5 Å². The van der Waals surface area contributed by atoms with Crippen molar-refractivity contribution in [1.29, 1.82) is 0 Å². The molecule has 3 aromatic rings. The average Bonchev–Trinajstić information content (AvgIpc) is 3.21. The molecule has 0 atom stereocenters. The lowest BCUT2D eigenvalue weighted by Crippen LogP contribution is -2.23. The molecule has 0 bridgehead atoms. The number of anilines is 1. The minimum atomic E-state index is -0.361. The Kier molecular flexibility index (Phi) is 6.94. The van der Waals surface area contributed by atoms with Gasteiger partial charge in [0, 0.05) is 18.2 Å². The zero-order valence-corrected chi connectivity index (χ0v) is 17.3. The number of methoxy groups -OCH3 is 2.